The highest BCUT2D eigenvalue weighted by atomic mass is 16.4. The summed E-state index contributed by atoms with van der Waals surface area (Å²) in [4.78, 5) is 36.6. The number of nitrogens with two attached hydrogens (primary N) is 1. The van der Waals surface area contributed by atoms with Gasteiger partial charge in [-0.05, 0) is 19.1 Å². The van der Waals surface area contributed by atoms with Crippen LogP contribution in [0, 0.1) is 0 Å². The zero-order valence-electron chi connectivity index (χ0n) is 9.51. The van der Waals surface area contributed by atoms with Crippen molar-refractivity contribution in [3.63, 3.8) is 0 Å². The molecular formula is C11H11N3O4. The first-order valence-corrected chi connectivity index (χ1v) is 5.19. The van der Waals surface area contributed by atoms with E-state index in [1.807, 2.05) is 0 Å². The summed E-state index contributed by atoms with van der Waals surface area (Å²) >= 11 is 0. The molecule has 1 aromatic heterocycles. The normalized spacial score (nSPS) is 12.5. The number of para-hydroxylation sites is 1. The van der Waals surface area contributed by atoms with Crippen molar-refractivity contribution in [3.05, 3.63) is 34.2 Å². The van der Waals surface area contributed by atoms with E-state index < -0.39 is 23.6 Å². The Morgan fingerprint density at radius 1 is 1.44 bits per heavy atom. The van der Waals surface area contributed by atoms with Crippen LogP contribution >= 0.6 is 0 Å². The van der Waals surface area contributed by atoms with Crippen LogP contribution in [-0.2, 0) is 4.79 Å². The zero-order valence-corrected chi connectivity index (χ0v) is 9.51. The summed E-state index contributed by atoms with van der Waals surface area (Å²) in [5, 5.41) is 9.09. The van der Waals surface area contributed by atoms with Crippen LogP contribution in [0.25, 0.3) is 11.0 Å². The molecule has 2 aromatic rings. The SMILES string of the molecule is CC(C(N)=O)n1c(=O)[nH]c2cccc(C(=O)O)c21. The number of aromatic nitrogens is 2. The number of imidazole rings is 1. The molecule has 7 heteroatoms. The van der Waals surface area contributed by atoms with Gasteiger partial charge in [0.05, 0.1) is 16.6 Å². The van der Waals surface area contributed by atoms with Crippen molar-refractivity contribution < 1.29 is 14.7 Å². The minimum atomic E-state index is -1.18. The Labute approximate surface area is 101 Å². The van der Waals surface area contributed by atoms with E-state index in [0.29, 0.717) is 5.52 Å². The van der Waals surface area contributed by atoms with Crippen LogP contribution in [0.1, 0.15) is 23.3 Å². The monoisotopic (exact) mass is 249 g/mol. The van der Waals surface area contributed by atoms with Gasteiger partial charge in [-0.15, -0.1) is 0 Å². The number of hydrogen-bond acceptors (Lipinski definition) is 3. The van der Waals surface area contributed by atoms with Gasteiger partial charge in [0.15, 0.2) is 0 Å². The van der Waals surface area contributed by atoms with Crippen LogP contribution in [0.3, 0.4) is 0 Å². The smallest absolute Gasteiger partial charge is 0.337 e. The third-order valence-electron chi connectivity index (χ3n) is 2.77. The number of benzene rings is 1. The summed E-state index contributed by atoms with van der Waals surface area (Å²) < 4.78 is 1.06. The molecule has 1 heterocycles. The van der Waals surface area contributed by atoms with Gasteiger partial charge in [0.1, 0.15) is 6.04 Å². The number of fused-ring (bicyclic) bond motifs is 1. The second-order valence-electron chi connectivity index (χ2n) is 3.89. The molecule has 0 saturated carbocycles. The van der Waals surface area contributed by atoms with E-state index in [1.54, 1.807) is 6.07 Å². The number of primary amides is 1. The number of H-pyrrole nitrogens is 1. The molecule has 2 rings (SSSR count). The van der Waals surface area contributed by atoms with Crippen LogP contribution in [0.15, 0.2) is 23.0 Å². The first-order chi connectivity index (χ1) is 8.43. The number of aromatic carboxylic acids is 1. The Morgan fingerprint density at radius 2 is 2.11 bits per heavy atom. The molecule has 0 bridgehead atoms. The van der Waals surface area contributed by atoms with Crippen molar-refractivity contribution in [2.24, 2.45) is 5.73 Å². The van der Waals surface area contributed by atoms with Gasteiger partial charge in [-0.25, -0.2) is 9.59 Å². The Kier molecular flexibility index (Phi) is 2.66. The predicted octanol–water partition coefficient (Wildman–Crippen LogP) is 0.0741. The molecule has 0 aliphatic carbocycles. The zero-order chi connectivity index (χ0) is 13.4. The van der Waals surface area contributed by atoms with Crippen molar-refractivity contribution >= 4 is 22.9 Å². The van der Waals surface area contributed by atoms with Crippen molar-refractivity contribution in [2.75, 3.05) is 0 Å². The number of hydrogen-bond donors (Lipinski definition) is 3. The minimum Gasteiger partial charge on any atom is -0.478 e. The lowest BCUT2D eigenvalue weighted by Crippen LogP contribution is -2.31. The maximum absolute atomic E-state index is 11.8. The fourth-order valence-electron chi connectivity index (χ4n) is 1.85. The third kappa shape index (κ3) is 1.65. The van der Waals surface area contributed by atoms with E-state index in [-0.39, 0.29) is 11.1 Å². The van der Waals surface area contributed by atoms with Gasteiger partial charge in [-0.3, -0.25) is 9.36 Å². The van der Waals surface area contributed by atoms with Crippen molar-refractivity contribution in [1.82, 2.24) is 9.55 Å². The van der Waals surface area contributed by atoms with Gasteiger partial charge < -0.3 is 15.8 Å². The van der Waals surface area contributed by atoms with Gasteiger partial charge in [0, 0.05) is 0 Å². The summed E-state index contributed by atoms with van der Waals surface area (Å²) in [7, 11) is 0. The number of carbonyl (C=O) groups excluding carboxylic acids is 1. The molecule has 4 N–H and O–H groups in total. The molecule has 1 amide bonds. The third-order valence-corrected chi connectivity index (χ3v) is 2.77. The molecule has 1 unspecified atom stereocenters. The van der Waals surface area contributed by atoms with Crippen LogP contribution < -0.4 is 11.4 Å². The molecule has 0 fully saturated rings. The number of rotatable bonds is 3. The fourth-order valence-corrected chi connectivity index (χ4v) is 1.85. The maximum atomic E-state index is 11.8. The van der Waals surface area contributed by atoms with Crippen LogP contribution in [0.4, 0.5) is 0 Å². The van der Waals surface area contributed by atoms with Gasteiger partial charge in [-0.2, -0.15) is 0 Å². The van der Waals surface area contributed by atoms with Crippen molar-refractivity contribution in [2.45, 2.75) is 13.0 Å². The number of amides is 1. The molecular weight excluding hydrogens is 238 g/mol. The number of carboxylic acid groups (broad SMARTS) is 1. The van der Waals surface area contributed by atoms with Crippen LogP contribution in [0.2, 0.25) is 0 Å². The second-order valence-corrected chi connectivity index (χ2v) is 3.89. The molecule has 7 nitrogen and oxygen atoms in total. The molecule has 0 aliphatic rings. The molecule has 94 valence electrons. The number of carbonyl (C=O) groups is 2. The predicted molar refractivity (Wildman–Crippen MR) is 63.4 cm³/mol. The van der Waals surface area contributed by atoms with Crippen LogP contribution in [-0.4, -0.2) is 26.5 Å². The largest absolute Gasteiger partial charge is 0.478 e. The van der Waals surface area contributed by atoms with E-state index in [0.717, 1.165) is 4.57 Å². The minimum absolute atomic E-state index is 0.0565. The molecule has 0 spiro atoms. The molecule has 0 saturated heterocycles. The molecule has 0 aliphatic heterocycles. The Bertz CT molecular complexity index is 698. The van der Waals surface area contributed by atoms with E-state index in [4.69, 9.17) is 10.8 Å². The molecule has 1 atom stereocenters. The molecule has 18 heavy (non-hydrogen) atoms. The maximum Gasteiger partial charge on any atom is 0.337 e. The summed E-state index contributed by atoms with van der Waals surface area (Å²) in [5.74, 6) is -1.89. The Morgan fingerprint density at radius 3 is 2.67 bits per heavy atom. The van der Waals surface area contributed by atoms with Crippen molar-refractivity contribution in [3.8, 4) is 0 Å². The Hall–Kier alpha value is -2.57. The molecule has 1 aromatic carbocycles. The van der Waals surface area contributed by atoms with Gasteiger partial charge in [0.25, 0.3) is 0 Å². The standard InChI is InChI=1S/C11H11N3O4/c1-5(9(12)15)14-8-6(10(16)17)3-2-4-7(8)13-11(14)18/h2-5H,1H3,(H2,12,15)(H,13,18)(H,16,17). The number of aromatic amines is 1. The average Bonchev–Trinajstić information content (AvgIpc) is 2.63. The van der Waals surface area contributed by atoms with Crippen LogP contribution in [0.5, 0.6) is 0 Å². The summed E-state index contributed by atoms with van der Waals surface area (Å²) in [6, 6.07) is 3.52. The van der Waals surface area contributed by atoms with E-state index >= 15 is 0 Å². The van der Waals surface area contributed by atoms with E-state index in [1.165, 1.54) is 19.1 Å². The highest BCUT2D eigenvalue weighted by Crippen LogP contribution is 2.19. The summed E-state index contributed by atoms with van der Waals surface area (Å²) in [6.07, 6.45) is 0. The lowest BCUT2D eigenvalue weighted by atomic mass is 10.1. The van der Waals surface area contributed by atoms with Crippen molar-refractivity contribution in [1.29, 1.82) is 0 Å². The lowest BCUT2D eigenvalue weighted by molar-refractivity contribution is -0.120. The first-order valence-electron chi connectivity index (χ1n) is 5.19. The number of carboxylic acids is 1. The Balaban J connectivity index is 2.88. The van der Waals surface area contributed by atoms with Gasteiger partial charge >= 0.3 is 11.7 Å². The highest BCUT2D eigenvalue weighted by molar-refractivity contribution is 6.01. The summed E-state index contributed by atoms with van der Waals surface area (Å²) in [5.41, 5.74) is 5.05. The van der Waals surface area contributed by atoms with E-state index in [2.05, 4.69) is 4.98 Å². The van der Waals surface area contributed by atoms with E-state index in [9.17, 15) is 14.4 Å². The highest BCUT2D eigenvalue weighted by Gasteiger charge is 2.21. The number of nitrogens with one attached hydrogen (secondary N) is 1. The fraction of sp³-hybridized carbons (Fsp3) is 0.182. The summed E-state index contributed by atoms with van der Waals surface area (Å²) in [6.45, 7) is 1.44. The van der Waals surface area contributed by atoms with Gasteiger partial charge in [-0.1, -0.05) is 6.07 Å². The lowest BCUT2D eigenvalue weighted by Gasteiger charge is -2.10. The average molecular weight is 249 g/mol. The molecule has 0 radical (unpaired) electrons. The van der Waals surface area contributed by atoms with Gasteiger partial charge in [0.2, 0.25) is 5.91 Å². The quantitative estimate of drug-likeness (QED) is 0.713. The number of nitrogens with zero attached hydrogens (tertiary/aromatic N) is 1. The second kappa shape index (κ2) is 4.02. The first kappa shape index (κ1) is 11.9. The topological polar surface area (TPSA) is 118 Å².